The van der Waals surface area contributed by atoms with Crippen molar-refractivity contribution in [2.24, 2.45) is 13.0 Å². The fraction of sp³-hybridized carbons (Fsp3) is 0.500. The van der Waals surface area contributed by atoms with Crippen LogP contribution in [0.15, 0.2) is 24.3 Å². The van der Waals surface area contributed by atoms with Crippen LogP contribution in [0.3, 0.4) is 0 Å². The van der Waals surface area contributed by atoms with E-state index in [1.54, 1.807) is 36.2 Å². The van der Waals surface area contributed by atoms with Gasteiger partial charge in [0.25, 0.3) is 11.8 Å². The summed E-state index contributed by atoms with van der Waals surface area (Å²) in [7, 11) is 3.55. The molecule has 3 N–H and O–H groups in total. The number of aliphatic hydroxyl groups is 1. The van der Waals surface area contributed by atoms with Crippen molar-refractivity contribution in [1.29, 1.82) is 0 Å². The molecule has 0 spiro atoms. The summed E-state index contributed by atoms with van der Waals surface area (Å²) in [6.07, 6.45) is -0.234. The molecule has 1 aliphatic rings. The fourth-order valence-corrected chi connectivity index (χ4v) is 3.80. The average Bonchev–Trinajstić information content (AvgIpc) is 3.08. The SMILES string of the molecule is CNC[C@H]1Oc2c(NC(=O)c3cc(C)nn3C)cccc2C(=O)N([C@@H](C)CO)C[C@H]1C. The van der Waals surface area contributed by atoms with Gasteiger partial charge in [-0.2, -0.15) is 5.10 Å². The lowest BCUT2D eigenvalue weighted by molar-refractivity contribution is 0.0417. The van der Waals surface area contributed by atoms with Crippen LogP contribution >= 0.6 is 0 Å². The lowest BCUT2D eigenvalue weighted by Gasteiger charge is -2.37. The molecule has 1 aromatic carbocycles. The molecular weight excluding hydrogens is 398 g/mol. The van der Waals surface area contributed by atoms with Gasteiger partial charge in [0.2, 0.25) is 0 Å². The number of likely N-dealkylation sites (N-methyl/N-ethyl adjacent to an activating group) is 1. The second-order valence-electron chi connectivity index (χ2n) is 8.11. The maximum absolute atomic E-state index is 13.4. The number of amides is 2. The molecule has 0 saturated heterocycles. The van der Waals surface area contributed by atoms with E-state index in [0.717, 1.165) is 5.69 Å². The first-order chi connectivity index (χ1) is 14.8. The van der Waals surface area contributed by atoms with Gasteiger partial charge in [-0.3, -0.25) is 14.3 Å². The second-order valence-corrected chi connectivity index (χ2v) is 8.11. The molecule has 9 nitrogen and oxygen atoms in total. The van der Waals surface area contributed by atoms with Crippen molar-refractivity contribution in [1.82, 2.24) is 20.0 Å². The monoisotopic (exact) mass is 429 g/mol. The molecule has 0 aliphatic carbocycles. The van der Waals surface area contributed by atoms with Crippen LogP contribution < -0.4 is 15.4 Å². The predicted molar refractivity (Wildman–Crippen MR) is 117 cm³/mol. The molecule has 1 aliphatic heterocycles. The maximum atomic E-state index is 13.4. The van der Waals surface area contributed by atoms with Gasteiger partial charge in [0.05, 0.1) is 29.6 Å². The Balaban J connectivity index is 2.04. The molecule has 0 radical (unpaired) electrons. The minimum atomic E-state index is -0.341. The minimum Gasteiger partial charge on any atom is -0.486 e. The van der Waals surface area contributed by atoms with E-state index in [0.29, 0.717) is 35.8 Å². The van der Waals surface area contributed by atoms with Gasteiger partial charge in [-0.15, -0.1) is 0 Å². The summed E-state index contributed by atoms with van der Waals surface area (Å²) in [4.78, 5) is 27.9. The standard InChI is InChI=1S/C22H31N5O4/c1-13-11-27(15(3)12-28)22(30)16-7-6-8-17(20(16)31-19(13)10-23-4)24-21(29)18-9-14(2)25-26(18)5/h6-9,13,15,19,23,28H,10-12H2,1-5H3,(H,24,29)/t13-,15+,19-/m1/s1. The van der Waals surface area contributed by atoms with E-state index in [-0.39, 0.29) is 36.5 Å². The molecule has 9 heteroatoms. The van der Waals surface area contributed by atoms with E-state index in [2.05, 4.69) is 15.7 Å². The number of nitrogens with zero attached hydrogens (tertiary/aromatic N) is 3. The molecule has 3 atom stereocenters. The molecule has 2 heterocycles. The molecule has 168 valence electrons. The normalized spacial score (nSPS) is 19.8. The Labute approximate surface area is 182 Å². The van der Waals surface area contributed by atoms with Crippen LogP contribution in [0.5, 0.6) is 5.75 Å². The summed E-state index contributed by atoms with van der Waals surface area (Å²) in [5.41, 5.74) is 1.91. The number of carbonyl (C=O) groups is 2. The number of rotatable bonds is 6. The summed E-state index contributed by atoms with van der Waals surface area (Å²) in [6.45, 7) is 6.53. The lowest BCUT2D eigenvalue weighted by atomic mass is 9.99. The molecule has 0 bridgehead atoms. The number of anilines is 1. The molecule has 1 aromatic heterocycles. The molecular formula is C22H31N5O4. The average molecular weight is 430 g/mol. The Bertz CT molecular complexity index is 957. The Kier molecular flexibility index (Phi) is 6.97. The maximum Gasteiger partial charge on any atom is 0.274 e. The number of aromatic nitrogens is 2. The van der Waals surface area contributed by atoms with Gasteiger partial charge < -0.3 is 25.4 Å². The summed E-state index contributed by atoms with van der Waals surface area (Å²) < 4.78 is 7.83. The number of benzene rings is 1. The van der Waals surface area contributed by atoms with Crippen LogP contribution in [0.4, 0.5) is 5.69 Å². The van der Waals surface area contributed by atoms with Gasteiger partial charge in [-0.1, -0.05) is 13.0 Å². The molecule has 31 heavy (non-hydrogen) atoms. The third-order valence-corrected chi connectivity index (χ3v) is 5.58. The number of aliphatic hydroxyl groups excluding tert-OH is 1. The van der Waals surface area contributed by atoms with E-state index in [1.165, 1.54) is 4.68 Å². The number of hydrogen-bond donors (Lipinski definition) is 3. The lowest BCUT2D eigenvalue weighted by Crippen LogP contribution is -2.49. The smallest absolute Gasteiger partial charge is 0.274 e. The highest BCUT2D eigenvalue weighted by molar-refractivity contribution is 6.06. The molecule has 2 aromatic rings. The van der Waals surface area contributed by atoms with Gasteiger partial charge in [0.15, 0.2) is 5.75 Å². The fourth-order valence-electron chi connectivity index (χ4n) is 3.80. The number of fused-ring (bicyclic) bond motifs is 1. The molecule has 2 amide bonds. The van der Waals surface area contributed by atoms with E-state index in [4.69, 9.17) is 4.74 Å². The summed E-state index contributed by atoms with van der Waals surface area (Å²) in [5.74, 6) is -0.240. The first kappa shape index (κ1) is 22.8. The second kappa shape index (κ2) is 9.49. The number of para-hydroxylation sites is 1. The number of nitrogens with one attached hydrogen (secondary N) is 2. The number of ether oxygens (including phenoxy) is 1. The summed E-state index contributed by atoms with van der Waals surface area (Å²) >= 11 is 0. The zero-order valence-corrected chi connectivity index (χ0v) is 18.7. The number of aryl methyl sites for hydroxylation is 2. The Morgan fingerprint density at radius 1 is 1.42 bits per heavy atom. The van der Waals surface area contributed by atoms with Crippen molar-refractivity contribution in [3.63, 3.8) is 0 Å². The van der Waals surface area contributed by atoms with Crippen molar-refractivity contribution >= 4 is 17.5 Å². The molecule has 0 unspecified atom stereocenters. The predicted octanol–water partition coefficient (Wildman–Crippen LogP) is 1.42. The van der Waals surface area contributed by atoms with Crippen LogP contribution in [0, 0.1) is 12.8 Å². The number of hydrogen-bond acceptors (Lipinski definition) is 6. The van der Waals surface area contributed by atoms with Gasteiger partial charge in [-0.25, -0.2) is 0 Å². The third-order valence-electron chi connectivity index (χ3n) is 5.58. The first-order valence-electron chi connectivity index (χ1n) is 10.4. The highest BCUT2D eigenvalue weighted by Crippen LogP contribution is 2.35. The van der Waals surface area contributed by atoms with Crippen LogP contribution in [-0.2, 0) is 7.05 Å². The van der Waals surface area contributed by atoms with E-state index in [9.17, 15) is 14.7 Å². The molecule has 3 rings (SSSR count). The van der Waals surface area contributed by atoms with Crippen LogP contribution in [0.25, 0.3) is 0 Å². The topological polar surface area (TPSA) is 109 Å². The van der Waals surface area contributed by atoms with Gasteiger partial charge in [0.1, 0.15) is 11.8 Å². The van der Waals surface area contributed by atoms with Crippen LogP contribution in [-0.4, -0.2) is 70.5 Å². The first-order valence-corrected chi connectivity index (χ1v) is 10.4. The van der Waals surface area contributed by atoms with Crippen molar-refractivity contribution in [3.05, 3.63) is 41.2 Å². The van der Waals surface area contributed by atoms with Gasteiger partial charge >= 0.3 is 0 Å². The van der Waals surface area contributed by atoms with E-state index >= 15 is 0 Å². The van der Waals surface area contributed by atoms with Crippen molar-refractivity contribution in [2.75, 3.05) is 32.1 Å². The van der Waals surface area contributed by atoms with Crippen LogP contribution in [0.1, 0.15) is 40.4 Å². The van der Waals surface area contributed by atoms with Gasteiger partial charge in [0, 0.05) is 26.1 Å². The van der Waals surface area contributed by atoms with Crippen LogP contribution in [0.2, 0.25) is 0 Å². The Morgan fingerprint density at radius 3 is 2.77 bits per heavy atom. The van der Waals surface area contributed by atoms with Crippen molar-refractivity contribution < 1.29 is 19.4 Å². The largest absolute Gasteiger partial charge is 0.486 e. The summed E-state index contributed by atoms with van der Waals surface area (Å²) in [5, 5.41) is 19.9. The van der Waals surface area contributed by atoms with Crippen molar-refractivity contribution in [3.8, 4) is 5.75 Å². The van der Waals surface area contributed by atoms with Gasteiger partial charge in [-0.05, 0) is 39.1 Å². The summed E-state index contributed by atoms with van der Waals surface area (Å²) in [6, 6.07) is 6.47. The zero-order valence-electron chi connectivity index (χ0n) is 18.7. The zero-order chi connectivity index (χ0) is 22.7. The Morgan fingerprint density at radius 2 is 2.16 bits per heavy atom. The number of carbonyl (C=O) groups excluding carboxylic acids is 2. The Hall–Kier alpha value is -2.91. The third kappa shape index (κ3) is 4.72. The van der Waals surface area contributed by atoms with E-state index in [1.807, 2.05) is 27.8 Å². The highest BCUT2D eigenvalue weighted by atomic mass is 16.5. The quantitative estimate of drug-likeness (QED) is 0.641. The highest BCUT2D eigenvalue weighted by Gasteiger charge is 2.34. The van der Waals surface area contributed by atoms with Crippen molar-refractivity contribution in [2.45, 2.75) is 32.9 Å². The molecule has 0 saturated carbocycles. The van der Waals surface area contributed by atoms with E-state index < -0.39 is 0 Å². The molecule has 0 fully saturated rings. The minimum absolute atomic E-state index is 0.00188.